The highest BCUT2D eigenvalue weighted by Crippen LogP contribution is 2.30. The van der Waals surface area contributed by atoms with E-state index in [4.69, 9.17) is 11.6 Å². The van der Waals surface area contributed by atoms with Gasteiger partial charge in [0.2, 0.25) is 0 Å². The van der Waals surface area contributed by atoms with Crippen molar-refractivity contribution in [3.05, 3.63) is 68.7 Å². The molecule has 2 rings (SSSR count). The van der Waals surface area contributed by atoms with Crippen LogP contribution in [0, 0.1) is 6.92 Å². The van der Waals surface area contributed by atoms with Gasteiger partial charge in [0.15, 0.2) is 0 Å². The molecule has 0 N–H and O–H groups in total. The monoisotopic (exact) mass is 386 g/mol. The summed E-state index contributed by atoms with van der Waals surface area (Å²) in [5, 5.41) is 0.789. The van der Waals surface area contributed by atoms with E-state index < -0.39 is 0 Å². The van der Waals surface area contributed by atoms with Crippen molar-refractivity contribution in [1.82, 2.24) is 0 Å². The summed E-state index contributed by atoms with van der Waals surface area (Å²) in [5.74, 6) is 0. The molecule has 0 aromatic heterocycles. The summed E-state index contributed by atoms with van der Waals surface area (Å²) in [4.78, 5) is 0.299. The van der Waals surface area contributed by atoms with Gasteiger partial charge in [0, 0.05) is 14.3 Å². The summed E-state index contributed by atoms with van der Waals surface area (Å²) in [6.45, 7) is 2.09. The first-order valence-electron chi connectivity index (χ1n) is 5.71. The molecule has 3 heteroatoms. The maximum atomic E-state index is 6.00. The van der Waals surface area contributed by atoms with Gasteiger partial charge in [0.1, 0.15) is 0 Å². The van der Waals surface area contributed by atoms with Crippen molar-refractivity contribution in [2.24, 2.45) is 0 Å². The minimum absolute atomic E-state index is 0.299. The van der Waals surface area contributed by atoms with Crippen molar-refractivity contribution in [2.75, 3.05) is 0 Å². The lowest BCUT2D eigenvalue weighted by molar-refractivity contribution is 0.947. The SMILES string of the molecule is Cc1ccc(C(Br)Cc2cccc(Cl)c2)cc1Br. The third kappa shape index (κ3) is 3.59. The molecule has 0 nitrogen and oxygen atoms in total. The van der Waals surface area contributed by atoms with Crippen LogP contribution in [-0.2, 0) is 6.42 Å². The average molecular weight is 389 g/mol. The van der Waals surface area contributed by atoms with E-state index in [-0.39, 0.29) is 0 Å². The molecule has 0 aliphatic carbocycles. The number of halogens is 3. The molecule has 1 unspecified atom stereocenters. The van der Waals surface area contributed by atoms with Gasteiger partial charge in [0.05, 0.1) is 0 Å². The number of benzene rings is 2. The molecule has 0 fully saturated rings. The molecule has 0 bridgehead atoms. The highest BCUT2D eigenvalue weighted by atomic mass is 79.9. The molecule has 2 aromatic rings. The van der Waals surface area contributed by atoms with Crippen LogP contribution in [-0.4, -0.2) is 0 Å². The molecule has 0 spiro atoms. The van der Waals surface area contributed by atoms with Gasteiger partial charge in [-0.1, -0.05) is 67.7 Å². The molecule has 0 aliphatic rings. The summed E-state index contributed by atoms with van der Waals surface area (Å²) < 4.78 is 1.15. The van der Waals surface area contributed by atoms with Crippen LogP contribution in [0.2, 0.25) is 5.02 Å². The Bertz CT molecular complexity index is 552. The Hall–Kier alpha value is -0.310. The average Bonchev–Trinajstić information content (AvgIpc) is 2.32. The highest BCUT2D eigenvalue weighted by Gasteiger charge is 2.10. The topological polar surface area (TPSA) is 0 Å². The Labute approximate surface area is 130 Å². The summed E-state index contributed by atoms with van der Waals surface area (Å²) >= 11 is 13.3. The predicted molar refractivity (Wildman–Crippen MR) is 85.7 cm³/mol. The lowest BCUT2D eigenvalue weighted by Crippen LogP contribution is -1.96. The van der Waals surface area contributed by atoms with Crippen LogP contribution in [0.3, 0.4) is 0 Å². The fourth-order valence-corrected chi connectivity index (χ4v) is 3.06. The predicted octanol–water partition coefficient (Wildman–Crippen LogP) is 6.09. The Morgan fingerprint density at radius 1 is 1.17 bits per heavy atom. The zero-order valence-corrected chi connectivity index (χ0v) is 13.9. The zero-order chi connectivity index (χ0) is 13.1. The molecular weight excluding hydrogens is 375 g/mol. The number of alkyl halides is 1. The van der Waals surface area contributed by atoms with Crippen molar-refractivity contribution in [2.45, 2.75) is 18.2 Å². The minimum atomic E-state index is 0.299. The van der Waals surface area contributed by atoms with Gasteiger partial charge in [-0.05, 0) is 48.2 Å². The van der Waals surface area contributed by atoms with Gasteiger partial charge in [-0.2, -0.15) is 0 Å². The molecule has 94 valence electrons. The normalized spacial score (nSPS) is 12.4. The maximum absolute atomic E-state index is 6.00. The second-order valence-electron chi connectivity index (χ2n) is 4.31. The first kappa shape index (κ1) is 14.1. The van der Waals surface area contributed by atoms with Gasteiger partial charge < -0.3 is 0 Å². The summed E-state index contributed by atoms with van der Waals surface area (Å²) in [6, 6.07) is 14.5. The fourth-order valence-electron chi connectivity index (χ4n) is 1.79. The fraction of sp³-hybridized carbons (Fsp3) is 0.200. The molecule has 2 aromatic carbocycles. The molecule has 0 saturated carbocycles. The van der Waals surface area contributed by atoms with Gasteiger partial charge in [-0.3, -0.25) is 0 Å². The Morgan fingerprint density at radius 2 is 1.94 bits per heavy atom. The molecule has 0 heterocycles. The van der Waals surface area contributed by atoms with E-state index in [0.717, 1.165) is 15.9 Å². The van der Waals surface area contributed by atoms with Gasteiger partial charge in [0.25, 0.3) is 0 Å². The van der Waals surface area contributed by atoms with Crippen molar-refractivity contribution < 1.29 is 0 Å². The lowest BCUT2D eigenvalue weighted by Gasteiger charge is -2.12. The van der Waals surface area contributed by atoms with Gasteiger partial charge in [-0.15, -0.1) is 0 Å². The number of rotatable bonds is 3. The highest BCUT2D eigenvalue weighted by molar-refractivity contribution is 9.10. The molecular formula is C15H13Br2Cl. The number of hydrogen-bond acceptors (Lipinski definition) is 0. The summed E-state index contributed by atoms with van der Waals surface area (Å²) in [5.41, 5.74) is 3.76. The third-order valence-electron chi connectivity index (χ3n) is 2.86. The second kappa shape index (κ2) is 6.23. The van der Waals surface area contributed by atoms with E-state index in [2.05, 4.69) is 63.0 Å². The molecule has 1 atom stereocenters. The Kier molecular flexibility index (Phi) is 4.88. The first-order chi connectivity index (χ1) is 8.56. The summed E-state index contributed by atoms with van der Waals surface area (Å²) in [6.07, 6.45) is 0.927. The molecule has 0 aliphatic heterocycles. The number of aryl methyl sites for hydroxylation is 1. The van der Waals surface area contributed by atoms with E-state index in [9.17, 15) is 0 Å². The van der Waals surface area contributed by atoms with Crippen molar-refractivity contribution in [3.63, 3.8) is 0 Å². The van der Waals surface area contributed by atoms with E-state index in [1.54, 1.807) is 0 Å². The largest absolute Gasteiger partial charge is 0.0843 e. The van der Waals surface area contributed by atoms with Crippen LogP contribution in [0.15, 0.2) is 46.9 Å². The third-order valence-corrected chi connectivity index (χ3v) is 4.80. The standard InChI is InChI=1S/C15H13Br2Cl/c1-10-5-6-12(9-14(10)16)15(17)8-11-3-2-4-13(18)7-11/h2-7,9,15H,8H2,1H3. The molecule has 18 heavy (non-hydrogen) atoms. The van der Waals surface area contributed by atoms with Crippen LogP contribution in [0.4, 0.5) is 0 Å². The van der Waals surface area contributed by atoms with Crippen LogP contribution in [0.1, 0.15) is 21.5 Å². The van der Waals surface area contributed by atoms with E-state index in [1.165, 1.54) is 16.7 Å². The van der Waals surface area contributed by atoms with Crippen LogP contribution >= 0.6 is 43.5 Å². The maximum Gasteiger partial charge on any atom is 0.0436 e. The van der Waals surface area contributed by atoms with Crippen molar-refractivity contribution >= 4 is 43.5 Å². The van der Waals surface area contributed by atoms with E-state index in [0.29, 0.717) is 4.83 Å². The van der Waals surface area contributed by atoms with Crippen LogP contribution in [0.25, 0.3) is 0 Å². The van der Waals surface area contributed by atoms with Gasteiger partial charge in [-0.25, -0.2) is 0 Å². The lowest BCUT2D eigenvalue weighted by atomic mass is 10.0. The quantitative estimate of drug-likeness (QED) is 0.558. The van der Waals surface area contributed by atoms with Crippen molar-refractivity contribution in [3.8, 4) is 0 Å². The zero-order valence-electron chi connectivity index (χ0n) is 9.96. The summed E-state index contributed by atoms with van der Waals surface area (Å²) in [7, 11) is 0. The van der Waals surface area contributed by atoms with Gasteiger partial charge >= 0.3 is 0 Å². The van der Waals surface area contributed by atoms with E-state index in [1.807, 2.05) is 18.2 Å². The van der Waals surface area contributed by atoms with E-state index >= 15 is 0 Å². The first-order valence-corrected chi connectivity index (χ1v) is 7.79. The molecule has 0 amide bonds. The Morgan fingerprint density at radius 3 is 2.61 bits per heavy atom. The second-order valence-corrected chi connectivity index (χ2v) is 6.71. The minimum Gasteiger partial charge on any atom is -0.0843 e. The Balaban J connectivity index is 2.16. The smallest absolute Gasteiger partial charge is 0.0436 e. The van der Waals surface area contributed by atoms with Crippen LogP contribution in [0.5, 0.6) is 0 Å². The van der Waals surface area contributed by atoms with Crippen molar-refractivity contribution in [1.29, 1.82) is 0 Å². The van der Waals surface area contributed by atoms with Crippen LogP contribution < -0.4 is 0 Å². The number of hydrogen-bond donors (Lipinski definition) is 0. The molecule has 0 radical (unpaired) electrons. The molecule has 0 saturated heterocycles.